The van der Waals surface area contributed by atoms with Crippen LogP contribution < -0.4 is 4.90 Å². The molecule has 4 rings (SSSR count). The first-order valence-electron chi connectivity index (χ1n) is 9.50. The molecule has 27 heavy (non-hydrogen) atoms. The molecule has 0 atom stereocenters. The average Bonchev–Trinajstić information content (AvgIpc) is 2.94. The molecule has 7 heteroatoms. The number of carbonyl (C=O) groups excluding carboxylic acids is 1. The van der Waals surface area contributed by atoms with Crippen molar-refractivity contribution < 1.29 is 13.9 Å². The van der Waals surface area contributed by atoms with Gasteiger partial charge in [0.25, 0.3) is 0 Å². The fourth-order valence-corrected chi connectivity index (χ4v) is 3.72. The molecule has 0 saturated carbocycles. The number of ether oxygens (including phenoxy) is 1. The van der Waals surface area contributed by atoms with Gasteiger partial charge < -0.3 is 9.64 Å². The van der Waals surface area contributed by atoms with E-state index in [1.165, 1.54) is 0 Å². The highest BCUT2D eigenvalue weighted by molar-refractivity contribution is 5.99. The molecule has 0 radical (unpaired) electrons. The number of alkyl halides is 1. The zero-order chi connectivity index (χ0) is 18.6. The van der Waals surface area contributed by atoms with Crippen molar-refractivity contribution in [3.05, 3.63) is 46.9 Å². The Morgan fingerprint density at radius 2 is 2.07 bits per heavy atom. The number of carbonyl (C=O) groups is 1. The summed E-state index contributed by atoms with van der Waals surface area (Å²) in [7, 11) is 0. The van der Waals surface area contributed by atoms with E-state index in [1.54, 1.807) is 18.3 Å². The number of halogens is 1. The summed E-state index contributed by atoms with van der Waals surface area (Å²) >= 11 is 0. The summed E-state index contributed by atoms with van der Waals surface area (Å²) in [4.78, 5) is 20.0. The third kappa shape index (κ3) is 4.13. The molecule has 1 saturated heterocycles. The predicted molar refractivity (Wildman–Crippen MR) is 98.9 cm³/mol. The van der Waals surface area contributed by atoms with Crippen molar-refractivity contribution in [2.75, 3.05) is 31.2 Å². The van der Waals surface area contributed by atoms with Crippen molar-refractivity contribution in [2.24, 2.45) is 0 Å². The lowest BCUT2D eigenvalue weighted by Gasteiger charge is -2.30. The summed E-state index contributed by atoms with van der Waals surface area (Å²) in [5.41, 5.74) is 3.24. The summed E-state index contributed by atoms with van der Waals surface area (Å²) < 4.78 is 19.1. The number of aromatic nitrogens is 3. The van der Waals surface area contributed by atoms with Crippen LogP contribution in [0.4, 0.5) is 10.2 Å². The molecule has 0 amide bonds. The van der Waals surface area contributed by atoms with Crippen LogP contribution in [0, 0.1) is 0 Å². The summed E-state index contributed by atoms with van der Waals surface area (Å²) in [5, 5.41) is 7.89. The highest BCUT2D eigenvalue weighted by atomic mass is 19.1. The van der Waals surface area contributed by atoms with Crippen LogP contribution in [0.3, 0.4) is 0 Å². The summed E-state index contributed by atoms with van der Waals surface area (Å²) in [6.07, 6.45) is 3.43. The molecule has 0 aromatic carbocycles. The van der Waals surface area contributed by atoms with Crippen LogP contribution in [0.2, 0.25) is 0 Å². The number of rotatable bonds is 4. The molecule has 0 spiro atoms. The fraction of sp³-hybridized carbons (Fsp3) is 0.500. The molecule has 2 aliphatic rings. The number of hydrogen-bond donors (Lipinski definition) is 0. The minimum absolute atomic E-state index is 0.0117. The topological polar surface area (TPSA) is 68.2 Å². The summed E-state index contributed by atoms with van der Waals surface area (Å²) in [6, 6.07) is 5.46. The van der Waals surface area contributed by atoms with Crippen molar-refractivity contribution in [1.29, 1.82) is 0 Å². The van der Waals surface area contributed by atoms with Gasteiger partial charge in [-0.15, -0.1) is 0 Å². The Bertz CT molecular complexity index is 807. The number of Topliss-reactive ketones (excluding diaryl/α,β-unsaturated/α-hetero) is 1. The van der Waals surface area contributed by atoms with Gasteiger partial charge >= 0.3 is 0 Å². The van der Waals surface area contributed by atoms with E-state index < -0.39 is 6.17 Å². The SMILES string of the molecule is O=C(Cc1cccnn1)c1cc(N2CCC(F)CC2)nc2c1CCOCC2. The highest BCUT2D eigenvalue weighted by Gasteiger charge is 2.25. The second kappa shape index (κ2) is 8.08. The maximum Gasteiger partial charge on any atom is 0.169 e. The van der Waals surface area contributed by atoms with Gasteiger partial charge in [0.05, 0.1) is 25.3 Å². The van der Waals surface area contributed by atoms with Gasteiger partial charge in [-0.2, -0.15) is 10.2 Å². The van der Waals surface area contributed by atoms with Gasteiger partial charge in [-0.1, -0.05) is 0 Å². The van der Waals surface area contributed by atoms with Gasteiger partial charge in [0.1, 0.15) is 12.0 Å². The Labute approximate surface area is 157 Å². The molecular weight excluding hydrogens is 347 g/mol. The molecule has 4 heterocycles. The Balaban J connectivity index is 1.67. The maximum absolute atomic E-state index is 13.5. The first-order chi connectivity index (χ1) is 13.2. The molecular formula is C20H23FN4O2. The van der Waals surface area contributed by atoms with Crippen LogP contribution in [-0.2, 0) is 24.0 Å². The predicted octanol–water partition coefficient (Wildman–Crippen LogP) is 2.35. The van der Waals surface area contributed by atoms with Crippen LogP contribution >= 0.6 is 0 Å². The number of pyridine rings is 1. The normalized spacial score (nSPS) is 18.0. The molecule has 0 bridgehead atoms. The monoisotopic (exact) mass is 370 g/mol. The third-order valence-corrected chi connectivity index (χ3v) is 5.19. The smallest absolute Gasteiger partial charge is 0.169 e. The molecule has 0 unspecified atom stereocenters. The van der Waals surface area contributed by atoms with E-state index in [9.17, 15) is 9.18 Å². The lowest BCUT2D eigenvalue weighted by molar-refractivity contribution is 0.0990. The van der Waals surface area contributed by atoms with E-state index in [-0.39, 0.29) is 12.2 Å². The van der Waals surface area contributed by atoms with Crippen LogP contribution in [0.15, 0.2) is 24.4 Å². The second-order valence-corrected chi connectivity index (χ2v) is 7.04. The standard InChI is InChI=1S/C20H23FN4O2/c21-14-3-8-25(9-4-14)20-13-17(16-5-10-27-11-6-18(16)23-20)19(26)12-15-2-1-7-22-24-15/h1-2,7,13-14H,3-6,8-12H2. The van der Waals surface area contributed by atoms with Crippen LogP contribution in [0.25, 0.3) is 0 Å². The number of piperidine rings is 1. The minimum atomic E-state index is -0.742. The van der Waals surface area contributed by atoms with Crippen molar-refractivity contribution in [3.8, 4) is 0 Å². The minimum Gasteiger partial charge on any atom is -0.381 e. The average molecular weight is 370 g/mol. The van der Waals surface area contributed by atoms with E-state index in [0.29, 0.717) is 63.2 Å². The molecule has 2 aromatic heterocycles. The van der Waals surface area contributed by atoms with Crippen molar-refractivity contribution in [1.82, 2.24) is 15.2 Å². The zero-order valence-electron chi connectivity index (χ0n) is 15.2. The molecule has 6 nitrogen and oxygen atoms in total. The zero-order valence-corrected chi connectivity index (χ0v) is 15.2. The molecule has 0 aliphatic carbocycles. The number of anilines is 1. The number of nitrogens with zero attached hydrogens (tertiary/aromatic N) is 4. The second-order valence-electron chi connectivity index (χ2n) is 7.04. The maximum atomic E-state index is 13.5. The first-order valence-corrected chi connectivity index (χ1v) is 9.50. The Morgan fingerprint density at radius 3 is 2.85 bits per heavy atom. The third-order valence-electron chi connectivity index (χ3n) is 5.19. The Morgan fingerprint density at radius 1 is 1.26 bits per heavy atom. The van der Waals surface area contributed by atoms with Crippen molar-refractivity contribution in [2.45, 2.75) is 38.3 Å². The summed E-state index contributed by atoms with van der Waals surface area (Å²) in [5.74, 6) is 0.780. The first kappa shape index (κ1) is 18.0. The lowest BCUT2D eigenvalue weighted by atomic mass is 9.96. The van der Waals surface area contributed by atoms with Gasteiger partial charge in [-0.3, -0.25) is 4.79 Å². The van der Waals surface area contributed by atoms with Gasteiger partial charge in [0.2, 0.25) is 0 Å². The lowest BCUT2D eigenvalue weighted by Crippen LogP contribution is -2.35. The molecule has 1 fully saturated rings. The number of fused-ring (bicyclic) bond motifs is 1. The van der Waals surface area contributed by atoms with E-state index in [4.69, 9.17) is 9.72 Å². The molecule has 0 N–H and O–H groups in total. The van der Waals surface area contributed by atoms with Crippen LogP contribution in [0.5, 0.6) is 0 Å². The van der Waals surface area contributed by atoms with Crippen LogP contribution in [0.1, 0.15) is 40.2 Å². The van der Waals surface area contributed by atoms with Crippen LogP contribution in [-0.4, -0.2) is 53.4 Å². The highest BCUT2D eigenvalue weighted by Crippen LogP contribution is 2.27. The van der Waals surface area contributed by atoms with Gasteiger partial charge in [-0.05, 0) is 43.0 Å². The van der Waals surface area contributed by atoms with E-state index >= 15 is 0 Å². The quantitative estimate of drug-likeness (QED) is 0.770. The largest absolute Gasteiger partial charge is 0.381 e. The van der Waals surface area contributed by atoms with Gasteiger partial charge in [-0.25, -0.2) is 9.37 Å². The molecule has 142 valence electrons. The molecule has 2 aliphatic heterocycles. The summed E-state index contributed by atoms with van der Waals surface area (Å²) in [6.45, 7) is 2.45. The Hall–Kier alpha value is -2.41. The fourth-order valence-electron chi connectivity index (χ4n) is 3.72. The van der Waals surface area contributed by atoms with Crippen molar-refractivity contribution >= 4 is 11.6 Å². The molecule has 2 aromatic rings. The van der Waals surface area contributed by atoms with Gasteiger partial charge in [0.15, 0.2) is 5.78 Å². The number of ketones is 1. The van der Waals surface area contributed by atoms with E-state index in [1.807, 2.05) is 6.07 Å². The van der Waals surface area contributed by atoms with Crippen molar-refractivity contribution in [3.63, 3.8) is 0 Å². The number of hydrogen-bond acceptors (Lipinski definition) is 6. The van der Waals surface area contributed by atoms with Gasteiger partial charge in [0, 0.05) is 37.0 Å². The Kier molecular flexibility index (Phi) is 5.38. The van der Waals surface area contributed by atoms with E-state index in [2.05, 4.69) is 15.1 Å². The van der Waals surface area contributed by atoms with E-state index in [0.717, 1.165) is 17.1 Å².